The molecule has 1 N–H and O–H groups in total. The molecule has 0 bridgehead atoms. The lowest BCUT2D eigenvalue weighted by molar-refractivity contribution is -0.131. The Hall–Kier alpha value is -1.31. The van der Waals surface area contributed by atoms with Crippen molar-refractivity contribution in [2.24, 2.45) is 28.6 Å². The Labute approximate surface area is 139 Å². The second kappa shape index (κ2) is 4.84. The van der Waals surface area contributed by atoms with Gasteiger partial charge >= 0.3 is 0 Å². The van der Waals surface area contributed by atoms with Crippen molar-refractivity contribution >= 4 is 5.78 Å². The van der Waals surface area contributed by atoms with Crippen molar-refractivity contribution in [1.29, 1.82) is 0 Å². The zero-order chi connectivity index (χ0) is 16.4. The number of fused-ring (bicyclic) bond motifs is 5. The minimum Gasteiger partial charge on any atom is -0.512 e. The standard InChI is InChI=1S/C21H28O2/c1-4-13-11-15-16-5-6-19(23)21(16,3)10-8-17(15)20(2)9-7-14(22)12-18(13)20/h4,12,15-17,22H,1,5-11H2,2-3H3/t15-,16-,17-,20+,21-/m0/s1. The van der Waals surface area contributed by atoms with Gasteiger partial charge in [0.25, 0.3) is 0 Å². The van der Waals surface area contributed by atoms with Gasteiger partial charge in [-0.3, -0.25) is 4.79 Å². The summed E-state index contributed by atoms with van der Waals surface area (Å²) in [5.41, 5.74) is 2.70. The Bertz CT molecular complexity index is 640. The van der Waals surface area contributed by atoms with Crippen molar-refractivity contribution in [2.45, 2.75) is 58.8 Å². The number of carbonyl (C=O) groups is 1. The largest absolute Gasteiger partial charge is 0.512 e. The van der Waals surface area contributed by atoms with Crippen molar-refractivity contribution in [1.82, 2.24) is 0 Å². The molecule has 0 heterocycles. The molecule has 0 radical (unpaired) electrons. The van der Waals surface area contributed by atoms with E-state index >= 15 is 0 Å². The van der Waals surface area contributed by atoms with Gasteiger partial charge in [0.1, 0.15) is 5.78 Å². The van der Waals surface area contributed by atoms with Crippen molar-refractivity contribution in [3.8, 4) is 0 Å². The molecule has 0 spiro atoms. The monoisotopic (exact) mass is 312 g/mol. The van der Waals surface area contributed by atoms with Gasteiger partial charge < -0.3 is 5.11 Å². The van der Waals surface area contributed by atoms with Crippen LogP contribution < -0.4 is 0 Å². The highest BCUT2D eigenvalue weighted by Gasteiger charge is 2.58. The van der Waals surface area contributed by atoms with Crippen LogP contribution in [0.15, 0.2) is 35.6 Å². The SMILES string of the molecule is C=CC1=C2C=C(O)CC[C@]2(C)[C@H]2CC[C@]3(C)C(=O)CC[C@H]3[C@@H]2C1. The molecule has 2 fully saturated rings. The number of ketones is 1. The highest BCUT2D eigenvalue weighted by Crippen LogP contribution is 2.64. The van der Waals surface area contributed by atoms with Crippen LogP contribution in [-0.4, -0.2) is 10.9 Å². The van der Waals surface area contributed by atoms with E-state index in [1.165, 1.54) is 11.1 Å². The summed E-state index contributed by atoms with van der Waals surface area (Å²) in [6, 6.07) is 0. The molecule has 5 atom stereocenters. The summed E-state index contributed by atoms with van der Waals surface area (Å²) < 4.78 is 0. The molecule has 124 valence electrons. The van der Waals surface area contributed by atoms with Gasteiger partial charge in [0, 0.05) is 18.3 Å². The summed E-state index contributed by atoms with van der Waals surface area (Å²) in [6.07, 6.45) is 10.9. The summed E-state index contributed by atoms with van der Waals surface area (Å²) in [5.74, 6) is 2.82. The van der Waals surface area contributed by atoms with E-state index in [9.17, 15) is 9.90 Å². The highest BCUT2D eigenvalue weighted by atomic mass is 16.3. The quantitative estimate of drug-likeness (QED) is 0.729. The average molecular weight is 312 g/mol. The van der Waals surface area contributed by atoms with E-state index in [4.69, 9.17) is 0 Å². The Morgan fingerprint density at radius 2 is 1.91 bits per heavy atom. The van der Waals surface area contributed by atoms with Crippen LogP contribution in [0.25, 0.3) is 0 Å². The lowest BCUT2D eigenvalue weighted by atomic mass is 9.47. The fraction of sp³-hybridized carbons (Fsp3) is 0.667. The van der Waals surface area contributed by atoms with E-state index in [-0.39, 0.29) is 10.8 Å². The van der Waals surface area contributed by atoms with Crippen molar-refractivity contribution in [3.63, 3.8) is 0 Å². The molecule has 0 amide bonds. The van der Waals surface area contributed by atoms with Crippen LogP contribution in [0.2, 0.25) is 0 Å². The average Bonchev–Trinajstić information content (AvgIpc) is 2.83. The van der Waals surface area contributed by atoms with Gasteiger partial charge in [-0.1, -0.05) is 26.5 Å². The van der Waals surface area contributed by atoms with Crippen LogP contribution in [0.3, 0.4) is 0 Å². The number of aliphatic hydroxyl groups excluding tert-OH is 1. The van der Waals surface area contributed by atoms with Gasteiger partial charge in [0.15, 0.2) is 0 Å². The lowest BCUT2D eigenvalue weighted by Gasteiger charge is -2.56. The molecule has 0 aliphatic heterocycles. The molecule has 23 heavy (non-hydrogen) atoms. The normalized spacial score (nSPS) is 45.9. The Morgan fingerprint density at radius 1 is 1.17 bits per heavy atom. The van der Waals surface area contributed by atoms with E-state index in [1.54, 1.807) is 0 Å². The number of hydrogen-bond acceptors (Lipinski definition) is 2. The number of rotatable bonds is 1. The van der Waals surface area contributed by atoms with Crippen LogP contribution in [0, 0.1) is 28.6 Å². The van der Waals surface area contributed by atoms with Gasteiger partial charge in [-0.15, -0.1) is 0 Å². The molecule has 2 saturated carbocycles. The fourth-order valence-electron chi connectivity index (χ4n) is 6.46. The first-order valence-corrected chi connectivity index (χ1v) is 9.19. The molecule has 4 rings (SSSR count). The maximum atomic E-state index is 12.5. The van der Waals surface area contributed by atoms with E-state index in [2.05, 4.69) is 20.4 Å². The Balaban J connectivity index is 1.81. The smallest absolute Gasteiger partial charge is 0.139 e. The van der Waals surface area contributed by atoms with E-state index in [0.29, 0.717) is 29.3 Å². The summed E-state index contributed by atoms with van der Waals surface area (Å²) in [4.78, 5) is 12.5. The molecule has 2 heteroatoms. The van der Waals surface area contributed by atoms with Gasteiger partial charge in [-0.2, -0.15) is 0 Å². The molecule has 0 aromatic carbocycles. The highest BCUT2D eigenvalue weighted by molar-refractivity contribution is 5.87. The van der Waals surface area contributed by atoms with Gasteiger partial charge in [-0.25, -0.2) is 0 Å². The second-order valence-electron chi connectivity index (χ2n) is 8.70. The molecular formula is C21H28O2. The number of aliphatic hydroxyl groups is 1. The number of hydrogen-bond donors (Lipinski definition) is 1. The summed E-state index contributed by atoms with van der Waals surface area (Å²) in [5, 5.41) is 10.0. The summed E-state index contributed by atoms with van der Waals surface area (Å²) in [6.45, 7) is 8.67. The topological polar surface area (TPSA) is 37.3 Å². The molecule has 4 aliphatic rings. The molecule has 0 saturated heterocycles. The number of carbonyl (C=O) groups excluding carboxylic acids is 1. The van der Waals surface area contributed by atoms with Crippen LogP contribution in [0.1, 0.15) is 58.8 Å². The fourth-order valence-corrected chi connectivity index (χ4v) is 6.46. The van der Waals surface area contributed by atoms with Crippen molar-refractivity contribution < 1.29 is 9.90 Å². The number of Topliss-reactive ketones (excluding diaryl/α,β-unsaturated/α-hetero) is 1. The summed E-state index contributed by atoms with van der Waals surface area (Å²) in [7, 11) is 0. The lowest BCUT2D eigenvalue weighted by Crippen LogP contribution is -2.50. The predicted octanol–water partition coefficient (Wildman–Crippen LogP) is 5.13. The van der Waals surface area contributed by atoms with Gasteiger partial charge in [-0.05, 0) is 72.5 Å². The third kappa shape index (κ3) is 1.90. The zero-order valence-corrected chi connectivity index (χ0v) is 14.4. The van der Waals surface area contributed by atoms with Crippen molar-refractivity contribution in [2.75, 3.05) is 0 Å². The molecule has 0 unspecified atom stereocenters. The molecular weight excluding hydrogens is 284 g/mol. The minimum absolute atomic E-state index is 0.0754. The third-order valence-electron chi connectivity index (χ3n) is 7.84. The maximum absolute atomic E-state index is 12.5. The molecule has 4 aliphatic carbocycles. The molecule has 2 nitrogen and oxygen atoms in total. The Kier molecular flexibility index (Phi) is 3.21. The second-order valence-corrected chi connectivity index (χ2v) is 8.70. The van der Waals surface area contributed by atoms with E-state index in [1.807, 2.05) is 12.2 Å². The van der Waals surface area contributed by atoms with Crippen LogP contribution >= 0.6 is 0 Å². The Morgan fingerprint density at radius 3 is 2.65 bits per heavy atom. The van der Waals surface area contributed by atoms with Gasteiger partial charge in [0.2, 0.25) is 0 Å². The summed E-state index contributed by atoms with van der Waals surface area (Å²) >= 11 is 0. The molecule has 0 aromatic rings. The first kappa shape index (κ1) is 15.2. The predicted molar refractivity (Wildman–Crippen MR) is 91.9 cm³/mol. The zero-order valence-electron chi connectivity index (χ0n) is 14.4. The number of allylic oxidation sites excluding steroid dienone is 5. The molecule has 0 aromatic heterocycles. The van der Waals surface area contributed by atoms with Crippen molar-refractivity contribution in [3.05, 3.63) is 35.6 Å². The van der Waals surface area contributed by atoms with E-state index < -0.39 is 0 Å². The third-order valence-corrected chi connectivity index (χ3v) is 7.84. The maximum Gasteiger partial charge on any atom is 0.139 e. The van der Waals surface area contributed by atoms with Crippen LogP contribution in [0.5, 0.6) is 0 Å². The minimum atomic E-state index is -0.0754. The van der Waals surface area contributed by atoms with E-state index in [0.717, 1.165) is 44.9 Å². The van der Waals surface area contributed by atoms with Gasteiger partial charge in [0.05, 0.1) is 5.76 Å². The van der Waals surface area contributed by atoms with Crippen LogP contribution in [0.4, 0.5) is 0 Å². The van der Waals surface area contributed by atoms with Crippen LogP contribution in [-0.2, 0) is 4.79 Å². The first-order chi connectivity index (χ1) is 10.9. The first-order valence-electron chi connectivity index (χ1n) is 9.19.